The molecule has 2 nitrogen and oxygen atoms in total. The Hall–Kier alpha value is -1.09. The molecule has 0 unspecified atom stereocenters. The molecule has 0 aliphatic heterocycles. The summed E-state index contributed by atoms with van der Waals surface area (Å²) in [6.45, 7) is 0. The highest BCUT2D eigenvalue weighted by atomic mass is 35.5. The van der Waals surface area contributed by atoms with Crippen LogP contribution in [0.3, 0.4) is 0 Å². The summed E-state index contributed by atoms with van der Waals surface area (Å²) in [7, 11) is 0. The molecule has 0 spiro atoms. The normalized spacial score (nSPS) is 10.5. The van der Waals surface area contributed by atoms with E-state index in [2.05, 4.69) is 0 Å². The molecule has 0 saturated carbocycles. The number of hydrogen-bond acceptors (Lipinski definition) is 2. The van der Waals surface area contributed by atoms with Gasteiger partial charge < -0.3 is 11.5 Å². The lowest BCUT2D eigenvalue weighted by Gasteiger charge is -2.14. The van der Waals surface area contributed by atoms with E-state index in [4.69, 9.17) is 46.3 Å². The molecule has 88 valence electrons. The van der Waals surface area contributed by atoms with Crippen LogP contribution in [0.5, 0.6) is 0 Å². The SMILES string of the molecule is Nc1c(N)c(-c2ccccc2)c(Cl)c(Cl)c1Cl. The van der Waals surface area contributed by atoms with Gasteiger partial charge in [0.15, 0.2) is 0 Å². The second-order valence-corrected chi connectivity index (χ2v) is 4.64. The molecule has 0 bridgehead atoms. The lowest BCUT2D eigenvalue weighted by Crippen LogP contribution is -2.00. The molecule has 0 heterocycles. The number of nitrogens with two attached hydrogens (primary N) is 2. The predicted octanol–water partition coefficient (Wildman–Crippen LogP) is 4.48. The average Bonchev–Trinajstić information content (AvgIpc) is 2.36. The minimum absolute atomic E-state index is 0.189. The molecule has 0 aliphatic carbocycles. The van der Waals surface area contributed by atoms with Crippen molar-refractivity contribution in [3.8, 4) is 11.1 Å². The molecule has 2 rings (SSSR count). The van der Waals surface area contributed by atoms with Gasteiger partial charge in [-0.05, 0) is 5.56 Å². The van der Waals surface area contributed by atoms with E-state index < -0.39 is 0 Å². The minimum atomic E-state index is 0.189. The van der Waals surface area contributed by atoms with Crippen molar-refractivity contribution in [2.75, 3.05) is 11.5 Å². The lowest BCUT2D eigenvalue weighted by molar-refractivity contribution is 1.60. The summed E-state index contributed by atoms with van der Waals surface area (Å²) in [4.78, 5) is 0. The van der Waals surface area contributed by atoms with E-state index in [-0.39, 0.29) is 15.7 Å². The quantitative estimate of drug-likeness (QED) is 0.600. The molecule has 0 atom stereocenters. The monoisotopic (exact) mass is 286 g/mol. The molecule has 0 aliphatic rings. The highest BCUT2D eigenvalue weighted by molar-refractivity contribution is 6.51. The molecular weight excluding hydrogens is 279 g/mol. The first-order chi connectivity index (χ1) is 8.04. The van der Waals surface area contributed by atoms with E-state index in [1.807, 2.05) is 30.3 Å². The second kappa shape index (κ2) is 4.65. The van der Waals surface area contributed by atoms with Crippen LogP contribution in [0.4, 0.5) is 11.4 Å². The smallest absolute Gasteiger partial charge is 0.0858 e. The zero-order valence-corrected chi connectivity index (χ0v) is 10.9. The number of anilines is 2. The van der Waals surface area contributed by atoms with Crippen molar-refractivity contribution in [2.24, 2.45) is 0 Å². The van der Waals surface area contributed by atoms with Crippen molar-refractivity contribution in [3.63, 3.8) is 0 Å². The Labute approximate surface area is 114 Å². The molecule has 0 fully saturated rings. The van der Waals surface area contributed by atoms with Crippen LogP contribution in [0.25, 0.3) is 11.1 Å². The third-order valence-electron chi connectivity index (χ3n) is 2.46. The molecule has 5 heteroatoms. The topological polar surface area (TPSA) is 52.0 Å². The fourth-order valence-electron chi connectivity index (χ4n) is 1.58. The Balaban J connectivity index is 2.80. The summed E-state index contributed by atoms with van der Waals surface area (Å²) in [6.07, 6.45) is 0. The molecule has 17 heavy (non-hydrogen) atoms. The third-order valence-corrected chi connectivity index (χ3v) is 3.81. The van der Waals surface area contributed by atoms with Crippen LogP contribution in [-0.4, -0.2) is 0 Å². The van der Waals surface area contributed by atoms with Crippen LogP contribution in [0.15, 0.2) is 30.3 Å². The maximum absolute atomic E-state index is 6.16. The molecule has 2 aromatic carbocycles. The number of nitrogen functional groups attached to an aromatic ring is 2. The number of halogens is 3. The van der Waals surface area contributed by atoms with Crippen LogP contribution in [0.1, 0.15) is 0 Å². The van der Waals surface area contributed by atoms with Gasteiger partial charge in [-0.2, -0.15) is 0 Å². The Morgan fingerprint density at radius 1 is 0.706 bits per heavy atom. The zero-order valence-electron chi connectivity index (χ0n) is 8.68. The molecule has 0 saturated heterocycles. The molecule has 0 aromatic heterocycles. The standard InChI is InChI=1S/C12H9Cl3N2/c13-8-7(6-4-2-1-3-5-6)11(16)12(17)10(15)9(8)14/h1-5H,16-17H2. The Bertz CT molecular complexity index is 539. The molecule has 2 aromatic rings. The molecule has 4 N–H and O–H groups in total. The number of rotatable bonds is 1. The fraction of sp³-hybridized carbons (Fsp3) is 0. The maximum Gasteiger partial charge on any atom is 0.0858 e. The van der Waals surface area contributed by atoms with Crippen molar-refractivity contribution in [1.82, 2.24) is 0 Å². The van der Waals surface area contributed by atoms with Gasteiger partial charge >= 0.3 is 0 Å². The maximum atomic E-state index is 6.16. The average molecular weight is 288 g/mol. The highest BCUT2D eigenvalue weighted by Crippen LogP contribution is 2.46. The molecular formula is C12H9Cl3N2. The van der Waals surface area contributed by atoms with Gasteiger partial charge in [0, 0.05) is 5.56 Å². The van der Waals surface area contributed by atoms with Gasteiger partial charge in [-0.1, -0.05) is 65.1 Å². The summed E-state index contributed by atoms with van der Waals surface area (Å²) in [5.74, 6) is 0. The number of hydrogen-bond donors (Lipinski definition) is 2. The largest absolute Gasteiger partial charge is 0.396 e. The Kier molecular flexibility index (Phi) is 3.38. The summed E-state index contributed by atoms with van der Waals surface area (Å²) in [5, 5.41) is 0.724. The van der Waals surface area contributed by atoms with Crippen molar-refractivity contribution in [3.05, 3.63) is 45.4 Å². The summed E-state index contributed by atoms with van der Waals surface area (Å²) in [5.41, 5.74) is 13.8. The number of benzene rings is 2. The van der Waals surface area contributed by atoms with Crippen molar-refractivity contribution in [2.45, 2.75) is 0 Å². The van der Waals surface area contributed by atoms with Crippen molar-refractivity contribution in [1.29, 1.82) is 0 Å². The third kappa shape index (κ3) is 2.04. The highest BCUT2D eigenvalue weighted by Gasteiger charge is 2.18. The fourth-order valence-corrected chi connectivity index (χ4v) is 2.33. The van der Waals surface area contributed by atoms with E-state index in [9.17, 15) is 0 Å². The van der Waals surface area contributed by atoms with E-state index in [0.29, 0.717) is 16.3 Å². The first-order valence-corrected chi connectivity index (χ1v) is 5.94. The van der Waals surface area contributed by atoms with E-state index in [0.717, 1.165) is 5.56 Å². The summed E-state index contributed by atoms with van der Waals surface area (Å²) >= 11 is 18.1. The van der Waals surface area contributed by atoms with Gasteiger partial charge in [0.1, 0.15) is 0 Å². The van der Waals surface area contributed by atoms with Gasteiger partial charge in [0.25, 0.3) is 0 Å². The van der Waals surface area contributed by atoms with Gasteiger partial charge in [0.2, 0.25) is 0 Å². The Morgan fingerprint density at radius 3 is 1.88 bits per heavy atom. The first-order valence-electron chi connectivity index (χ1n) is 4.80. The molecule has 0 radical (unpaired) electrons. The van der Waals surface area contributed by atoms with Crippen molar-refractivity contribution < 1.29 is 0 Å². The van der Waals surface area contributed by atoms with Gasteiger partial charge in [0.05, 0.1) is 26.4 Å². The predicted molar refractivity (Wildman–Crippen MR) is 75.7 cm³/mol. The van der Waals surface area contributed by atoms with Crippen LogP contribution in [0.2, 0.25) is 15.1 Å². The van der Waals surface area contributed by atoms with Crippen LogP contribution in [0, 0.1) is 0 Å². The van der Waals surface area contributed by atoms with Crippen LogP contribution >= 0.6 is 34.8 Å². The van der Waals surface area contributed by atoms with Gasteiger partial charge in [-0.25, -0.2) is 0 Å². The van der Waals surface area contributed by atoms with Gasteiger partial charge in [-0.15, -0.1) is 0 Å². The Morgan fingerprint density at radius 2 is 1.29 bits per heavy atom. The lowest BCUT2D eigenvalue weighted by atomic mass is 10.0. The second-order valence-electron chi connectivity index (χ2n) is 3.51. The van der Waals surface area contributed by atoms with E-state index in [1.54, 1.807) is 0 Å². The van der Waals surface area contributed by atoms with E-state index in [1.165, 1.54) is 0 Å². The van der Waals surface area contributed by atoms with Gasteiger partial charge in [-0.3, -0.25) is 0 Å². The minimum Gasteiger partial charge on any atom is -0.396 e. The summed E-state index contributed by atoms with van der Waals surface area (Å²) in [6, 6.07) is 9.41. The molecule has 0 amide bonds. The first kappa shape index (κ1) is 12.4. The van der Waals surface area contributed by atoms with Crippen molar-refractivity contribution >= 4 is 46.2 Å². The van der Waals surface area contributed by atoms with Crippen LogP contribution < -0.4 is 11.5 Å². The summed E-state index contributed by atoms with van der Waals surface area (Å²) < 4.78 is 0. The zero-order chi connectivity index (χ0) is 12.6. The van der Waals surface area contributed by atoms with Crippen LogP contribution in [-0.2, 0) is 0 Å². The van der Waals surface area contributed by atoms with E-state index >= 15 is 0 Å².